The minimum Gasteiger partial charge on any atom is -0.480 e. The highest BCUT2D eigenvalue weighted by Gasteiger charge is 2.41. The van der Waals surface area contributed by atoms with Crippen LogP contribution in [-0.4, -0.2) is 34.0 Å². The van der Waals surface area contributed by atoms with Crippen molar-refractivity contribution in [1.29, 1.82) is 0 Å². The van der Waals surface area contributed by atoms with E-state index in [2.05, 4.69) is 21.2 Å². The Morgan fingerprint density at radius 3 is 2.47 bits per heavy atom. The van der Waals surface area contributed by atoms with Gasteiger partial charge in [0.15, 0.2) is 0 Å². The number of carboxylic acid groups (broad SMARTS) is 1. The number of nitrogens with one attached hydrogen (secondary N) is 1. The van der Waals surface area contributed by atoms with Gasteiger partial charge in [-0.2, -0.15) is 11.8 Å². The van der Waals surface area contributed by atoms with Crippen LogP contribution in [0.2, 0.25) is 0 Å². The molecule has 19 heavy (non-hydrogen) atoms. The Morgan fingerprint density at radius 1 is 1.26 bits per heavy atom. The van der Waals surface area contributed by atoms with Crippen LogP contribution >= 0.6 is 27.7 Å². The first kappa shape index (κ1) is 14.4. The lowest BCUT2D eigenvalue weighted by molar-refractivity contribution is -0.144. The minimum absolute atomic E-state index is 0.346. The van der Waals surface area contributed by atoms with Gasteiger partial charge in [-0.1, -0.05) is 12.1 Å². The van der Waals surface area contributed by atoms with E-state index in [0.717, 1.165) is 11.5 Å². The van der Waals surface area contributed by atoms with E-state index in [1.165, 1.54) is 0 Å². The van der Waals surface area contributed by atoms with Crippen LogP contribution in [0.25, 0.3) is 0 Å². The smallest absolute Gasteiger partial charge is 0.329 e. The van der Waals surface area contributed by atoms with E-state index < -0.39 is 11.5 Å². The fourth-order valence-corrected chi connectivity index (χ4v) is 3.70. The van der Waals surface area contributed by atoms with Crippen LogP contribution in [-0.2, 0) is 4.79 Å². The van der Waals surface area contributed by atoms with Gasteiger partial charge >= 0.3 is 5.97 Å². The lowest BCUT2D eigenvalue weighted by Crippen LogP contribution is -2.56. The van der Waals surface area contributed by atoms with Crippen molar-refractivity contribution < 1.29 is 14.7 Å². The highest BCUT2D eigenvalue weighted by Crippen LogP contribution is 2.28. The third kappa shape index (κ3) is 3.12. The molecule has 0 atom stereocenters. The maximum Gasteiger partial charge on any atom is 0.329 e. The Kier molecular flexibility index (Phi) is 4.52. The SMILES string of the molecule is O=C(NC1(C(=O)O)CCSCC1)c1ccccc1Br. The van der Waals surface area contributed by atoms with Crippen LogP contribution in [0.15, 0.2) is 28.7 Å². The van der Waals surface area contributed by atoms with E-state index >= 15 is 0 Å². The summed E-state index contributed by atoms with van der Waals surface area (Å²) in [5.74, 6) is 0.209. The minimum atomic E-state index is -1.13. The molecule has 1 saturated heterocycles. The molecule has 2 rings (SSSR count). The highest BCUT2D eigenvalue weighted by atomic mass is 79.9. The number of halogens is 1. The number of hydrogen-bond donors (Lipinski definition) is 2. The predicted molar refractivity (Wildman–Crippen MR) is 78.5 cm³/mol. The van der Waals surface area contributed by atoms with Gasteiger partial charge in [-0.25, -0.2) is 4.79 Å². The van der Waals surface area contributed by atoms with E-state index in [1.54, 1.807) is 30.0 Å². The van der Waals surface area contributed by atoms with Crippen LogP contribution in [0.4, 0.5) is 0 Å². The van der Waals surface area contributed by atoms with Gasteiger partial charge in [0.2, 0.25) is 0 Å². The molecule has 1 fully saturated rings. The number of carbonyl (C=O) groups is 2. The average Bonchev–Trinajstić information content (AvgIpc) is 2.40. The molecule has 1 aromatic carbocycles. The summed E-state index contributed by atoms with van der Waals surface area (Å²) < 4.78 is 0.665. The Balaban J connectivity index is 2.20. The molecule has 0 radical (unpaired) electrons. The summed E-state index contributed by atoms with van der Waals surface area (Å²) in [6.07, 6.45) is 0.923. The van der Waals surface area contributed by atoms with Crippen molar-refractivity contribution in [1.82, 2.24) is 5.32 Å². The number of benzene rings is 1. The van der Waals surface area contributed by atoms with Gasteiger partial charge in [0.25, 0.3) is 5.91 Å². The topological polar surface area (TPSA) is 66.4 Å². The van der Waals surface area contributed by atoms with Crippen molar-refractivity contribution in [2.45, 2.75) is 18.4 Å². The van der Waals surface area contributed by atoms with Crippen LogP contribution in [0.5, 0.6) is 0 Å². The number of amides is 1. The molecule has 1 aliphatic heterocycles. The monoisotopic (exact) mass is 343 g/mol. The fraction of sp³-hybridized carbons (Fsp3) is 0.385. The number of carboxylic acids is 1. The Hall–Kier alpha value is -1.01. The van der Waals surface area contributed by atoms with E-state index in [-0.39, 0.29) is 5.91 Å². The standard InChI is InChI=1S/C13H14BrNO3S/c14-10-4-2-1-3-9(10)11(16)15-13(12(17)18)5-7-19-8-6-13/h1-4H,5-8H2,(H,15,16)(H,17,18). The third-order valence-electron chi connectivity index (χ3n) is 3.23. The summed E-state index contributed by atoms with van der Waals surface area (Å²) in [6.45, 7) is 0. The Morgan fingerprint density at radius 2 is 1.89 bits per heavy atom. The Bertz CT molecular complexity index is 500. The molecule has 1 aliphatic rings. The van der Waals surface area contributed by atoms with Crippen molar-refractivity contribution in [2.75, 3.05) is 11.5 Å². The first-order valence-corrected chi connectivity index (χ1v) is 7.88. The Labute approximate surface area is 124 Å². The lowest BCUT2D eigenvalue weighted by Gasteiger charge is -2.33. The molecule has 6 heteroatoms. The number of thioether (sulfide) groups is 1. The van der Waals surface area contributed by atoms with Crippen molar-refractivity contribution in [2.24, 2.45) is 0 Å². The summed E-state index contributed by atoms with van der Waals surface area (Å²) >= 11 is 5.02. The summed E-state index contributed by atoms with van der Waals surface area (Å²) in [4.78, 5) is 23.7. The number of hydrogen-bond acceptors (Lipinski definition) is 3. The molecule has 0 aliphatic carbocycles. The van der Waals surface area contributed by atoms with Crippen molar-refractivity contribution in [3.05, 3.63) is 34.3 Å². The zero-order valence-electron chi connectivity index (χ0n) is 10.2. The molecule has 1 heterocycles. The van der Waals surface area contributed by atoms with Crippen molar-refractivity contribution in [3.63, 3.8) is 0 Å². The van der Waals surface area contributed by atoms with Crippen LogP contribution < -0.4 is 5.32 Å². The predicted octanol–water partition coefficient (Wildman–Crippen LogP) is 2.53. The molecule has 102 valence electrons. The number of rotatable bonds is 3. The zero-order valence-corrected chi connectivity index (χ0v) is 12.6. The first-order chi connectivity index (χ1) is 9.05. The number of aliphatic carboxylic acids is 1. The third-order valence-corrected chi connectivity index (χ3v) is 4.90. The van der Waals surface area contributed by atoms with Crippen LogP contribution in [0, 0.1) is 0 Å². The lowest BCUT2D eigenvalue weighted by atomic mass is 9.92. The molecule has 4 nitrogen and oxygen atoms in total. The maximum absolute atomic E-state index is 12.2. The van der Waals surface area contributed by atoms with E-state index in [0.29, 0.717) is 22.9 Å². The maximum atomic E-state index is 12.2. The summed E-state index contributed by atoms with van der Waals surface area (Å²) in [7, 11) is 0. The van der Waals surface area contributed by atoms with Gasteiger partial charge in [0, 0.05) is 4.47 Å². The molecule has 2 N–H and O–H groups in total. The second-order valence-corrected chi connectivity index (χ2v) is 6.51. The van der Waals surface area contributed by atoms with E-state index in [1.807, 2.05) is 6.07 Å². The molecule has 0 bridgehead atoms. The first-order valence-electron chi connectivity index (χ1n) is 5.93. The second kappa shape index (κ2) is 5.96. The van der Waals surface area contributed by atoms with Crippen LogP contribution in [0.1, 0.15) is 23.2 Å². The van der Waals surface area contributed by atoms with Gasteiger partial charge in [0.05, 0.1) is 5.56 Å². The van der Waals surface area contributed by atoms with Crippen LogP contribution in [0.3, 0.4) is 0 Å². The quantitative estimate of drug-likeness (QED) is 0.884. The molecular weight excluding hydrogens is 330 g/mol. The molecule has 1 aromatic rings. The zero-order chi connectivity index (χ0) is 13.9. The van der Waals surface area contributed by atoms with E-state index in [4.69, 9.17) is 0 Å². The normalized spacial score (nSPS) is 17.7. The summed E-state index contributed by atoms with van der Waals surface area (Å²) in [5.41, 5.74) is -0.668. The van der Waals surface area contributed by atoms with Gasteiger partial charge in [-0.15, -0.1) is 0 Å². The van der Waals surface area contributed by atoms with Crippen molar-refractivity contribution in [3.8, 4) is 0 Å². The molecule has 0 spiro atoms. The summed E-state index contributed by atoms with van der Waals surface area (Å²) in [5, 5.41) is 12.1. The van der Waals surface area contributed by atoms with Gasteiger partial charge in [0.1, 0.15) is 5.54 Å². The van der Waals surface area contributed by atoms with Gasteiger partial charge < -0.3 is 10.4 Å². The molecule has 0 unspecified atom stereocenters. The molecule has 0 saturated carbocycles. The van der Waals surface area contributed by atoms with E-state index in [9.17, 15) is 14.7 Å². The van der Waals surface area contributed by atoms with Gasteiger partial charge in [-0.3, -0.25) is 4.79 Å². The second-order valence-electron chi connectivity index (χ2n) is 4.43. The molecular formula is C13H14BrNO3S. The van der Waals surface area contributed by atoms with Gasteiger partial charge in [-0.05, 0) is 52.4 Å². The van der Waals surface area contributed by atoms with Crippen molar-refractivity contribution >= 4 is 39.6 Å². The molecule has 1 amide bonds. The highest BCUT2D eigenvalue weighted by molar-refractivity contribution is 9.10. The largest absolute Gasteiger partial charge is 0.480 e. The number of carbonyl (C=O) groups excluding carboxylic acids is 1. The summed E-state index contributed by atoms with van der Waals surface area (Å²) in [6, 6.07) is 7.00. The molecule has 0 aromatic heterocycles. The fourth-order valence-electron chi connectivity index (χ4n) is 2.04. The average molecular weight is 344 g/mol.